The van der Waals surface area contributed by atoms with Gasteiger partial charge in [0, 0.05) is 39.1 Å². The Kier molecular flexibility index (Phi) is 6.68. The van der Waals surface area contributed by atoms with Crippen LogP contribution in [0.4, 0.5) is 5.69 Å². The van der Waals surface area contributed by atoms with Crippen molar-refractivity contribution in [2.75, 3.05) is 0 Å². The summed E-state index contributed by atoms with van der Waals surface area (Å²) in [6, 6.07) is 28.2. The van der Waals surface area contributed by atoms with E-state index in [1.54, 1.807) is 12.3 Å². The second-order valence-electron chi connectivity index (χ2n) is 7.69. The van der Waals surface area contributed by atoms with Gasteiger partial charge >= 0.3 is 0 Å². The lowest BCUT2D eigenvalue weighted by atomic mass is 10.0. The van der Waals surface area contributed by atoms with Gasteiger partial charge in [-0.3, -0.25) is 4.99 Å². The average molecular weight is 491 g/mol. The maximum Gasteiger partial charge on any atom is 0.129 e. The summed E-state index contributed by atoms with van der Waals surface area (Å²) < 4.78 is 5.92. The number of para-hydroxylation sites is 1. The van der Waals surface area contributed by atoms with Crippen molar-refractivity contribution in [1.29, 1.82) is 0 Å². The third kappa shape index (κ3) is 5.41. The number of ether oxygens (including phenoxy) is 1. The van der Waals surface area contributed by atoms with Crippen LogP contribution in [0.1, 0.15) is 28.4 Å². The van der Waals surface area contributed by atoms with Crippen LogP contribution in [0.2, 0.25) is 10.2 Å². The molecule has 0 N–H and O–H groups in total. The SMILES string of the molecule is Clc1ccc(C2CC(c3ccc(OCc4ccc(Cl)nc4)cc3)=Nc3ccccc3S2)cc1. The van der Waals surface area contributed by atoms with Crippen molar-refractivity contribution in [2.45, 2.75) is 23.2 Å². The van der Waals surface area contributed by atoms with Crippen LogP contribution < -0.4 is 4.74 Å². The summed E-state index contributed by atoms with van der Waals surface area (Å²) >= 11 is 13.8. The number of nitrogens with zero attached hydrogens (tertiary/aromatic N) is 2. The molecule has 0 bridgehead atoms. The van der Waals surface area contributed by atoms with E-state index in [4.69, 9.17) is 32.9 Å². The Morgan fingerprint density at radius 2 is 1.67 bits per heavy atom. The molecule has 1 atom stereocenters. The molecule has 2 heterocycles. The van der Waals surface area contributed by atoms with Crippen molar-refractivity contribution in [3.05, 3.63) is 118 Å². The quantitative estimate of drug-likeness (QED) is 0.263. The van der Waals surface area contributed by atoms with E-state index in [2.05, 4.69) is 47.4 Å². The molecule has 33 heavy (non-hydrogen) atoms. The Bertz CT molecular complexity index is 1270. The molecule has 164 valence electrons. The number of hydrogen-bond donors (Lipinski definition) is 0. The summed E-state index contributed by atoms with van der Waals surface area (Å²) in [6.07, 6.45) is 2.54. The van der Waals surface area contributed by atoms with Gasteiger partial charge in [-0.25, -0.2) is 4.98 Å². The van der Waals surface area contributed by atoms with Gasteiger partial charge in [0.2, 0.25) is 0 Å². The Morgan fingerprint density at radius 3 is 2.42 bits per heavy atom. The first-order valence-corrected chi connectivity index (χ1v) is 12.2. The van der Waals surface area contributed by atoms with Crippen molar-refractivity contribution in [2.24, 2.45) is 4.99 Å². The van der Waals surface area contributed by atoms with Crippen LogP contribution in [0.25, 0.3) is 0 Å². The highest BCUT2D eigenvalue weighted by atomic mass is 35.5. The topological polar surface area (TPSA) is 34.5 Å². The molecule has 0 saturated carbocycles. The lowest BCUT2D eigenvalue weighted by Crippen LogP contribution is -2.05. The standard InChI is InChI=1S/C27H20Cl2N2OS/c28-21-10-6-20(7-11-21)26-15-24(31-23-3-1-2-4-25(23)33-26)19-8-12-22(13-9-19)32-17-18-5-14-27(29)30-16-18/h1-14,16,26H,15,17H2. The molecule has 3 nitrogen and oxygen atoms in total. The number of fused-ring (bicyclic) bond motifs is 1. The Balaban J connectivity index is 1.38. The minimum absolute atomic E-state index is 0.248. The molecular weight excluding hydrogens is 471 g/mol. The van der Waals surface area contributed by atoms with Gasteiger partial charge < -0.3 is 4.74 Å². The van der Waals surface area contributed by atoms with E-state index in [-0.39, 0.29) is 5.25 Å². The molecule has 0 amide bonds. The maximum absolute atomic E-state index is 6.12. The summed E-state index contributed by atoms with van der Waals surface area (Å²) in [4.78, 5) is 10.3. The molecule has 0 spiro atoms. The van der Waals surface area contributed by atoms with Crippen LogP contribution in [0.3, 0.4) is 0 Å². The molecule has 0 radical (unpaired) electrons. The van der Waals surface area contributed by atoms with Crippen LogP contribution in [0, 0.1) is 0 Å². The summed E-state index contributed by atoms with van der Waals surface area (Å²) in [5.74, 6) is 0.798. The van der Waals surface area contributed by atoms with Gasteiger partial charge in [0.15, 0.2) is 0 Å². The minimum Gasteiger partial charge on any atom is -0.489 e. The van der Waals surface area contributed by atoms with E-state index in [0.717, 1.165) is 39.7 Å². The molecule has 0 aliphatic carbocycles. The van der Waals surface area contributed by atoms with Gasteiger partial charge in [-0.15, -0.1) is 11.8 Å². The lowest BCUT2D eigenvalue weighted by Gasteiger charge is -2.16. The summed E-state index contributed by atoms with van der Waals surface area (Å²) in [7, 11) is 0. The Hall–Kier alpha value is -2.79. The van der Waals surface area contributed by atoms with Crippen LogP contribution >= 0.6 is 35.0 Å². The fourth-order valence-corrected chi connectivity index (χ4v) is 5.13. The number of aliphatic imine (C=N–C) groups is 1. The van der Waals surface area contributed by atoms with Crippen molar-refractivity contribution in [3.8, 4) is 5.75 Å². The van der Waals surface area contributed by atoms with E-state index in [9.17, 15) is 0 Å². The molecular formula is C27H20Cl2N2OS. The van der Waals surface area contributed by atoms with E-state index >= 15 is 0 Å². The third-order valence-corrected chi connectivity index (χ3v) is 7.19. The largest absolute Gasteiger partial charge is 0.489 e. The number of pyridine rings is 1. The highest BCUT2D eigenvalue weighted by Gasteiger charge is 2.22. The fraction of sp³-hybridized carbons (Fsp3) is 0.111. The average Bonchev–Trinajstić information content (AvgIpc) is 3.04. The van der Waals surface area contributed by atoms with E-state index < -0.39 is 0 Å². The molecule has 4 aromatic rings. The first kappa shape index (κ1) is 22.0. The number of rotatable bonds is 5. The van der Waals surface area contributed by atoms with Gasteiger partial charge in [-0.05, 0) is 65.7 Å². The van der Waals surface area contributed by atoms with Crippen molar-refractivity contribution in [3.63, 3.8) is 0 Å². The fourth-order valence-electron chi connectivity index (χ4n) is 3.66. The summed E-state index contributed by atoms with van der Waals surface area (Å²) in [5.41, 5.74) is 5.36. The second-order valence-corrected chi connectivity index (χ2v) is 9.76. The molecule has 5 rings (SSSR count). The predicted octanol–water partition coefficient (Wildman–Crippen LogP) is 8.33. The molecule has 3 aromatic carbocycles. The molecule has 6 heteroatoms. The lowest BCUT2D eigenvalue weighted by molar-refractivity contribution is 0.306. The van der Waals surface area contributed by atoms with E-state index in [1.807, 2.05) is 48.2 Å². The van der Waals surface area contributed by atoms with Gasteiger partial charge in [0.1, 0.15) is 17.5 Å². The molecule has 1 aliphatic rings. The summed E-state index contributed by atoms with van der Waals surface area (Å²) in [6.45, 7) is 0.438. The number of hydrogen-bond acceptors (Lipinski definition) is 4. The van der Waals surface area contributed by atoms with Crippen molar-refractivity contribution >= 4 is 46.4 Å². The number of benzene rings is 3. The normalized spacial score (nSPS) is 15.3. The molecule has 1 aliphatic heterocycles. The third-order valence-electron chi connectivity index (χ3n) is 5.39. The maximum atomic E-state index is 6.12. The van der Waals surface area contributed by atoms with Crippen LogP contribution in [-0.4, -0.2) is 10.7 Å². The first-order valence-electron chi connectivity index (χ1n) is 10.6. The zero-order valence-electron chi connectivity index (χ0n) is 17.6. The zero-order valence-corrected chi connectivity index (χ0v) is 19.9. The van der Waals surface area contributed by atoms with Crippen LogP contribution in [-0.2, 0) is 6.61 Å². The number of halogens is 2. The smallest absolute Gasteiger partial charge is 0.129 e. The minimum atomic E-state index is 0.248. The monoisotopic (exact) mass is 490 g/mol. The highest BCUT2D eigenvalue weighted by molar-refractivity contribution is 7.99. The van der Waals surface area contributed by atoms with E-state index in [1.165, 1.54) is 10.5 Å². The van der Waals surface area contributed by atoms with Crippen molar-refractivity contribution < 1.29 is 4.74 Å². The second kappa shape index (κ2) is 10.0. The number of thioether (sulfide) groups is 1. The van der Waals surface area contributed by atoms with Gasteiger partial charge in [0.05, 0.1) is 5.69 Å². The number of aromatic nitrogens is 1. The van der Waals surface area contributed by atoms with Crippen molar-refractivity contribution in [1.82, 2.24) is 4.98 Å². The van der Waals surface area contributed by atoms with E-state index in [0.29, 0.717) is 11.8 Å². The molecule has 0 saturated heterocycles. The molecule has 1 unspecified atom stereocenters. The predicted molar refractivity (Wildman–Crippen MR) is 137 cm³/mol. The Morgan fingerprint density at radius 1 is 0.879 bits per heavy atom. The molecule has 0 fully saturated rings. The summed E-state index contributed by atoms with van der Waals surface area (Å²) in [5, 5.41) is 1.47. The highest BCUT2D eigenvalue weighted by Crippen LogP contribution is 2.45. The van der Waals surface area contributed by atoms with Gasteiger partial charge in [-0.2, -0.15) is 0 Å². The first-order chi connectivity index (χ1) is 16.1. The molecule has 1 aromatic heterocycles. The van der Waals surface area contributed by atoms with Gasteiger partial charge in [-0.1, -0.05) is 53.5 Å². The zero-order chi connectivity index (χ0) is 22.6. The van der Waals surface area contributed by atoms with Crippen LogP contribution in [0.15, 0.2) is 101 Å². The van der Waals surface area contributed by atoms with Crippen LogP contribution in [0.5, 0.6) is 5.75 Å². The van der Waals surface area contributed by atoms with Gasteiger partial charge in [0.25, 0.3) is 0 Å². The Labute approximate surface area is 207 Å².